The number of benzene rings is 1. The van der Waals surface area contributed by atoms with Crippen molar-refractivity contribution in [1.29, 1.82) is 0 Å². The fourth-order valence-corrected chi connectivity index (χ4v) is 5.08. The topological polar surface area (TPSA) is 43.9 Å². The normalized spacial score (nSPS) is 23.5. The van der Waals surface area contributed by atoms with Gasteiger partial charge in [0.1, 0.15) is 0 Å². The Morgan fingerprint density at radius 1 is 1.04 bits per heavy atom. The van der Waals surface area contributed by atoms with Gasteiger partial charge in [-0.25, -0.2) is 0 Å². The van der Waals surface area contributed by atoms with Crippen molar-refractivity contribution < 1.29 is 9.59 Å². The predicted molar refractivity (Wildman–Crippen MR) is 110 cm³/mol. The van der Waals surface area contributed by atoms with E-state index in [1.165, 1.54) is 30.4 Å². The molecule has 1 aromatic rings. The molecule has 1 atom stereocenters. The minimum atomic E-state index is 0.115. The summed E-state index contributed by atoms with van der Waals surface area (Å²) in [4.78, 5) is 32.0. The van der Waals surface area contributed by atoms with Crippen LogP contribution in [0.1, 0.15) is 60.0 Å². The first kappa shape index (κ1) is 19.4. The van der Waals surface area contributed by atoms with Crippen LogP contribution in [0.15, 0.2) is 18.2 Å². The van der Waals surface area contributed by atoms with E-state index in [-0.39, 0.29) is 11.8 Å². The Morgan fingerprint density at radius 3 is 2.54 bits per heavy atom. The standard InChI is InChI=1S/C23H33N3O2/c1-24-12-11-21(16-24)25(2)22(27)19-8-9-20-15-26(13-10-18(20)14-19)23(28)17-6-4-3-5-7-17/h8-9,14,17,21H,3-7,10-13,15-16H2,1-2H3. The summed E-state index contributed by atoms with van der Waals surface area (Å²) < 4.78 is 0. The first-order valence-electron chi connectivity index (χ1n) is 10.9. The molecular weight excluding hydrogens is 350 g/mol. The van der Waals surface area contributed by atoms with E-state index < -0.39 is 0 Å². The minimum Gasteiger partial charge on any atom is -0.338 e. The summed E-state index contributed by atoms with van der Waals surface area (Å²) in [6.45, 7) is 3.48. The lowest BCUT2D eigenvalue weighted by Gasteiger charge is -2.33. The van der Waals surface area contributed by atoms with E-state index >= 15 is 0 Å². The first-order chi connectivity index (χ1) is 13.5. The van der Waals surface area contributed by atoms with E-state index in [0.717, 1.165) is 50.9 Å². The highest BCUT2D eigenvalue weighted by atomic mass is 16.2. The number of carbonyl (C=O) groups excluding carboxylic acids is 2. The Balaban J connectivity index is 1.42. The third-order valence-electron chi connectivity index (χ3n) is 6.97. The highest BCUT2D eigenvalue weighted by Crippen LogP contribution is 2.28. The van der Waals surface area contributed by atoms with E-state index in [1.54, 1.807) is 0 Å². The van der Waals surface area contributed by atoms with Crippen LogP contribution in [0.3, 0.4) is 0 Å². The highest BCUT2D eigenvalue weighted by molar-refractivity contribution is 5.94. The summed E-state index contributed by atoms with van der Waals surface area (Å²) in [6.07, 6.45) is 7.66. The molecule has 28 heavy (non-hydrogen) atoms. The fourth-order valence-electron chi connectivity index (χ4n) is 5.08. The number of likely N-dealkylation sites (N-methyl/N-ethyl adjacent to an activating group) is 2. The number of fused-ring (bicyclic) bond motifs is 1. The van der Waals surface area contributed by atoms with Crippen molar-refractivity contribution in [3.05, 3.63) is 34.9 Å². The second-order valence-electron chi connectivity index (χ2n) is 8.95. The van der Waals surface area contributed by atoms with Gasteiger partial charge in [-0.3, -0.25) is 9.59 Å². The molecule has 1 aromatic carbocycles. The second kappa shape index (κ2) is 8.24. The summed E-state index contributed by atoms with van der Waals surface area (Å²) in [7, 11) is 4.04. The maximum Gasteiger partial charge on any atom is 0.253 e. The molecule has 2 fully saturated rings. The maximum absolute atomic E-state index is 12.9. The SMILES string of the molecule is CN1CCC(N(C)C(=O)c2ccc3c(c2)CCN(C(=O)C2CCCCC2)C3)C1. The molecule has 0 aromatic heterocycles. The predicted octanol–water partition coefficient (Wildman–Crippen LogP) is 2.93. The number of hydrogen-bond acceptors (Lipinski definition) is 3. The van der Waals surface area contributed by atoms with Crippen molar-refractivity contribution in [2.45, 2.75) is 57.5 Å². The van der Waals surface area contributed by atoms with Gasteiger partial charge in [0.15, 0.2) is 0 Å². The molecule has 0 radical (unpaired) electrons. The van der Waals surface area contributed by atoms with Gasteiger partial charge in [-0.05, 0) is 62.5 Å². The summed E-state index contributed by atoms with van der Waals surface area (Å²) in [5.41, 5.74) is 3.22. The van der Waals surface area contributed by atoms with Gasteiger partial charge >= 0.3 is 0 Å². The molecule has 5 heteroatoms. The molecule has 2 amide bonds. The fraction of sp³-hybridized carbons (Fsp3) is 0.652. The molecule has 0 bridgehead atoms. The van der Waals surface area contributed by atoms with Gasteiger partial charge in [0.2, 0.25) is 5.91 Å². The zero-order chi connectivity index (χ0) is 19.7. The number of amides is 2. The third-order valence-corrected chi connectivity index (χ3v) is 6.97. The van der Waals surface area contributed by atoms with Gasteiger partial charge in [0.05, 0.1) is 0 Å². The van der Waals surface area contributed by atoms with E-state index in [4.69, 9.17) is 0 Å². The van der Waals surface area contributed by atoms with Gasteiger partial charge in [0, 0.05) is 44.2 Å². The largest absolute Gasteiger partial charge is 0.338 e. The average molecular weight is 384 g/mol. The average Bonchev–Trinajstić information content (AvgIpc) is 3.18. The van der Waals surface area contributed by atoms with Crippen molar-refractivity contribution in [3.8, 4) is 0 Å². The minimum absolute atomic E-state index is 0.115. The Morgan fingerprint density at radius 2 is 1.82 bits per heavy atom. The van der Waals surface area contributed by atoms with Crippen molar-refractivity contribution in [3.63, 3.8) is 0 Å². The van der Waals surface area contributed by atoms with Gasteiger partial charge in [-0.1, -0.05) is 25.3 Å². The van der Waals surface area contributed by atoms with Crippen molar-refractivity contribution in [1.82, 2.24) is 14.7 Å². The monoisotopic (exact) mass is 383 g/mol. The molecule has 4 rings (SSSR count). The lowest BCUT2D eigenvalue weighted by Crippen LogP contribution is -2.41. The quantitative estimate of drug-likeness (QED) is 0.806. The Bertz CT molecular complexity index is 741. The van der Waals surface area contributed by atoms with E-state index in [2.05, 4.69) is 24.1 Å². The zero-order valence-corrected chi connectivity index (χ0v) is 17.3. The number of rotatable bonds is 3. The van der Waals surface area contributed by atoms with Crippen LogP contribution in [0.4, 0.5) is 0 Å². The zero-order valence-electron chi connectivity index (χ0n) is 17.3. The van der Waals surface area contributed by atoms with Crippen molar-refractivity contribution >= 4 is 11.8 Å². The summed E-state index contributed by atoms with van der Waals surface area (Å²) >= 11 is 0. The van der Waals surface area contributed by atoms with Crippen LogP contribution in [0.2, 0.25) is 0 Å². The Hall–Kier alpha value is -1.88. The van der Waals surface area contributed by atoms with Gasteiger partial charge in [-0.15, -0.1) is 0 Å². The molecular formula is C23H33N3O2. The summed E-state index contributed by atoms with van der Waals surface area (Å²) in [5, 5.41) is 0. The van der Waals surface area contributed by atoms with Crippen LogP contribution in [-0.4, -0.2) is 66.3 Å². The summed E-state index contributed by atoms with van der Waals surface area (Å²) in [6, 6.07) is 6.38. The molecule has 1 unspecified atom stereocenters. The molecule has 2 heterocycles. The molecule has 2 aliphatic heterocycles. The van der Waals surface area contributed by atoms with E-state index in [0.29, 0.717) is 18.5 Å². The Kier molecular flexibility index (Phi) is 5.72. The molecule has 1 saturated carbocycles. The van der Waals surface area contributed by atoms with E-state index in [1.807, 2.05) is 22.9 Å². The van der Waals surface area contributed by atoms with Crippen molar-refractivity contribution in [2.24, 2.45) is 5.92 Å². The van der Waals surface area contributed by atoms with Crippen molar-refractivity contribution in [2.75, 3.05) is 33.7 Å². The molecule has 3 aliphatic rings. The molecule has 152 valence electrons. The lowest BCUT2D eigenvalue weighted by atomic mass is 9.87. The number of hydrogen-bond donors (Lipinski definition) is 0. The lowest BCUT2D eigenvalue weighted by molar-refractivity contribution is -0.137. The third kappa shape index (κ3) is 3.95. The van der Waals surface area contributed by atoms with Crippen LogP contribution in [-0.2, 0) is 17.8 Å². The summed E-state index contributed by atoms with van der Waals surface area (Å²) in [5.74, 6) is 0.689. The smallest absolute Gasteiger partial charge is 0.253 e. The molecule has 5 nitrogen and oxygen atoms in total. The van der Waals surface area contributed by atoms with E-state index in [9.17, 15) is 9.59 Å². The number of nitrogens with zero attached hydrogens (tertiary/aromatic N) is 3. The van der Waals surface area contributed by atoms with Gasteiger partial charge in [0.25, 0.3) is 5.91 Å². The van der Waals surface area contributed by atoms with Crippen LogP contribution >= 0.6 is 0 Å². The second-order valence-corrected chi connectivity index (χ2v) is 8.95. The molecule has 1 aliphatic carbocycles. The first-order valence-corrected chi connectivity index (χ1v) is 10.9. The van der Waals surface area contributed by atoms with Crippen LogP contribution in [0.25, 0.3) is 0 Å². The van der Waals surface area contributed by atoms with Gasteiger partial charge < -0.3 is 14.7 Å². The maximum atomic E-state index is 12.9. The number of likely N-dealkylation sites (tertiary alicyclic amines) is 1. The number of carbonyl (C=O) groups is 2. The van der Waals surface area contributed by atoms with Crippen LogP contribution < -0.4 is 0 Å². The molecule has 1 saturated heterocycles. The van der Waals surface area contributed by atoms with Crippen LogP contribution in [0, 0.1) is 5.92 Å². The molecule has 0 spiro atoms. The highest BCUT2D eigenvalue weighted by Gasteiger charge is 2.30. The van der Waals surface area contributed by atoms with Crippen LogP contribution in [0.5, 0.6) is 0 Å². The molecule has 0 N–H and O–H groups in total. The van der Waals surface area contributed by atoms with Gasteiger partial charge in [-0.2, -0.15) is 0 Å². The Labute approximate surface area is 168 Å².